The smallest absolute Gasteiger partial charge is 0.253 e. The summed E-state index contributed by atoms with van der Waals surface area (Å²) in [6.45, 7) is 1.29. The van der Waals surface area contributed by atoms with E-state index in [-0.39, 0.29) is 35.7 Å². The summed E-state index contributed by atoms with van der Waals surface area (Å²) in [5.74, 6) is 0.444. The number of aromatic amines is 1. The van der Waals surface area contributed by atoms with E-state index in [1.807, 2.05) is 30.5 Å². The molecule has 0 bridgehead atoms. The Hall–Kier alpha value is -2.62. The number of carbonyl (C=O) groups excluding carboxylic acids is 1. The van der Waals surface area contributed by atoms with Gasteiger partial charge in [0.2, 0.25) is 0 Å². The molecular formula is C22H27FIN5O. The maximum Gasteiger partial charge on any atom is 0.253 e. The second-order valence-corrected chi connectivity index (χ2v) is 7.00. The Morgan fingerprint density at radius 2 is 1.87 bits per heavy atom. The summed E-state index contributed by atoms with van der Waals surface area (Å²) in [4.78, 5) is 20.8. The summed E-state index contributed by atoms with van der Waals surface area (Å²) >= 11 is 0. The van der Waals surface area contributed by atoms with Gasteiger partial charge in [0.05, 0.1) is 0 Å². The predicted octanol–water partition coefficient (Wildman–Crippen LogP) is 3.53. The maximum absolute atomic E-state index is 13.3. The molecule has 0 fully saturated rings. The lowest BCUT2D eigenvalue weighted by Crippen LogP contribution is -2.37. The average molecular weight is 523 g/mol. The fourth-order valence-electron chi connectivity index (χ4n) is 3.11. The minimum absolute atomic E-state index is 0. The number of nitrogens with zero attached hydrogens (tertiary/aromatic N) is 2. The Morgan fingerprint density at radius 3 is 2.53 bits per heavy atom. The van der Waals surface area contributed by atoms with Crippen LogP contribution in [0.5, 0.6) is 0 Å². The number of hydrogen-bond acceptors (Lipinski definition) is 2. The molecule has 3 N–H and O–H groups in total. The number of halogens is 2. The highest BCUT2D eigenvalue weighted by molar-refractivity contribution is 14.0. The zero-order valence-electron chi connectivity index (χ0n) is 17.3. The van der Waals surface area contributed by atoms with Crippen LogP contribution < -0.4 is 10.6 Å². The Balaban J connectivity index is 0.00000320. The first-order valence-corrected chi connectivity index (χ1v) is 9.48. The summed E-state index contributed by atoms with van der Waals surface area (Å²) in [5.41, 5.74) is 3.66. The number of guanidine groups is 1. The molecule has 1 amide bonds. The second-order valence-electron chi connectivity index (χ2n) is 7.00. The van der Waals surface area contributed by atoms with Crippen LogP contribution in [0.4, 0.5) is 4.39 Å². The van der Waals surface area contributed by atoms with Crippen LogP contribution in [0, 0.1) is 5.82 Å². The third-order valence-corrected chi connectivity index (χ3v) is 4.71. The third kappa shape index (κ3) is 5.94. The molecule has 1 heterocycles. The van der Waals surface area contributed by atoms with E-state index in [0.29, 0.717) is 24.6 Å². The van der Waals surface area contributed by atoms with Gasteiger partial charge in [-0.15, -0.1) is 24.0 Å². The van der Waals surface area contributed by atoms with Crippen LogP contribution in [0.1, 0.15) is 21.5 Å². The van der Waals surface area contributed by atoms with Gasteiger partial charge in [0.15, 0.2) is 5.96 Å². The molecule has 6 nitrogen and oxygen atoms in total. The summed E-state index contributed by atoms with van der Waals surface area (Å²) in [6.07, 6.45) is 2.70. The van der Waals surface area contributed by atoms with E-state index in [1.165, 1.54) is 12.1 Å². The minimum atomic E-state index is -0.243. The number of nitrogens with one attached hydrogen (secondary N) is 3. The van der Waals surface area contributed by atoms with E-state index in [0.717, 1.165) is 28.5 Å². The molecule has 0 saturated heterocycles. The monoisotopic (exact) mass is 523 g/mol. The largest absolute Gasteiger partial charge is 0.361 e. The third-order valence-electron chi connectivity index (χ3n) is 4.71. The number of rotatable bonds is 6. The molecule has 3 aromatic rings. The fourth-order valence-corrected chi connectivity index (χ4v) is 3.11. The van der Waals surface area contributed by atoms with Gasteiger partial charge in [0.25, 0.3) is 5.91 Å². The van der Waals surface area contributed by atoms with Gasteiger partial charge in [0.1, 0.15) is 5.82 Å². The number of benzene rings is 2. The topological polar surface area (TPSA) is 72.5 Å². The SMILES string of the molecule is CN=C(NCCc1c[nH]c2cc(F)ccc12)NCc1ccc(C(=O)N(C)C)cc1.I. The highest BCUT2D eigenvalue weighted by atomic mass is 127. The predicted molar refractivity (Wildman–Crippen MR) is 130 cm³/mol. The van der Waals surface area contributed by atoms with E-state index < -0.39 is 0 Å². The first kappa shape index (κ1) is 23.7. The standard InChI is InChI=1S/C22H26FN5O.HI/c1-24-22(27-13-15-4-6-16(7-5-15)21(29)28(2)3)25-11-10-17-14-26-20-12-18(23)8-9-19(17)20;/h4-9,12,14,26H,10-11,13H2,1-3H3,(H2,24,25,27);1H. The van der Waals surface area contributed by atoms with E-state index >= 15 is 0 Å². The normalized spacial score (nSPS) is 11.1. The number of aromatic nitrogens is 1. The molecule has 8 heteroatoms. The summed E-state index contributed by atoms with van der Waals surface area (Å²) < 4.78 is 13.3. The van der Waals surface area contributed by atoms with Crippen molar-refractivity contribution in [3.05, 3.63) is 71.2 Å². The van der Waals surface area contributed by atoms with Gasteiger partial charge in [-0.1, -0.05) is 12.1 Å². The Bertz CT molecular complexity index is 1010. The van der Waals surface area contributed by atoms with Crippen LogP contribution in [-0.2, 0) is 13.0 Å². The molecule has 0 saturated carbocycles. The quantitative estimate of drug-likeness (QED) is 0.263. The Labute approximate surface area is 193 Å². The summed E-state index contributed by atoms with van der Waals surface area (Å²) in [5, 5.41) is 7.59. The molecule has 3 rings (SSSR count). The highest BCUT2D eigenvalue weighted by Gasteiger charge is 2.08. The number of carbonyl (C=O) groups is 1. The van der Waals surface area contributed by atoms with Crippen LogP contribution in [-0.4, -0.2) is 49.4 Å². The Kier molecular flexibility index (Phi) is 8.64. The fraction of sp³-hybridized carbons (Fsp3) is 0.273. The van der Waals surface area contributed by atoms with Crippen molar-refractivity contribution in [2.24, 2.45) is 4.99 Å². The molecule has 0 radical (unpaired) electrons. The first-order valence-electron chi connectivity index (χ1n) is 9.48. The number of amides is 1. The number of aliphatic imine (C=N–C) groups is 1. The van der Waals surface area contributed by atoms with Gasteiger partial charge >= 0.3 is 0 Å². The lowest BCUT2D eigenvalue weighted by molar-refractivity contribution is 0.0827. The first-order chi connectivity index (χ1) is 14.0. The molecule has 0 aliphatic carbocycles. The summed E-state index contributed by atoms with van der Waals surface area (Å²) in [6, 6.07) is 12.3. The van der Waals surface area contributed by atoms with Crippen LogP contribution in [0.25, 0.3) is 10.9 Å². The van der Waals surface area contributed by atoms with Gasteiger partial charge in [-0.3, -0.25) is 9.79 Å². The van der Waals surface area contributed by atoms with Gasteiger partial charge in [-0.05, 0) is 47.9 Å². The van der Waals surface area contributed by atoms with E-state index in [2.05, 4.69) is 20.6 Å². The van der Waals surface area contributed by atoms with Crippen LogP contribution in [0.15, 0.2) is 53.7 Å². The van der Waals surface area contributed by atoms with Crippen molar-refractivity contribution in [3.8, 4) is 0 Å². The molecule has 160 valence electrons. The number of fused-ring (bicyclic) bond motifs is 1. The molecule has 1 aromatic heterocycles. The van der Waals surface area contributed by atoms with Crippen LogP contribution in [0.3, 0.4) is 0 Å². The molecule has 0 aliphatic rings. The molecule has 0 atom stereocenters. The van der Waals surface area contributed by atoms with E-state index in [9.17, 15) is 9.18 Å². The van der Waals surface area contributed by atoms with Crippen LogP contribution in [0.2, 0.25) is 0 Å². The molecule has 0 unspecified atom stereocenters. The van der Waals surface area contributed by atoms with Crippen molar-refractivity contribution in [2.75, 3.05) is 27.7 Å². The zero-order valence-corrected chi connectivity index (χ0v) is 19.7. The summed E-state index contributed by atoms with van der Waals surface area (Å²) in [7, 11) is 5.20. The number of H-pyrrole nitrogens is 1. The average Bonchev–Trinajstić information content (AvgIpc) is 3.12. The van der Waals surface area contributed by atoms with Crippen molar-refractivity contribution in [1.82, 2.24) is 20.5 Å². The van der Waals surface area contributed by atoms with Crippen molar-refractivity contribution >= 4 is 46.7 Å². The van der Waals surface area contributed by atoms with Gasteiger partial charge in [0, 0.05) is 56.9 Å². The van der Waals surface area contributed by atoms with Gasteiger partial charge in [-0.25, -0.2) is 4.39 Å². The zero-order chi connectivity index (χ0) is 20.8. The van der Waals surface area contributed by atoms with Crippen molar-refractivity contribution in [1.29, 1.82) is 0 Å². The van der Waals surface area contributed by atoms with Crippen molar-refractivity contribution in [3.63, 3.8) is 0 Å². The van der Waals surface area contributed by atoms with Gasteiger partial charge < -0.3 is 20.5 Å². The number of hydrogen-bond donors (Lipinski definition) is 3. The lowest BCUT2D eigenvalue weighted by Gasteiger charge is -2.13. The highest BCUT2D eigenvalue weighted by Crippen LogP contribution is 2.19. The van der Waals surface area contributed by atoms with Gasteiger partial charge in [-0.2, -0.15) is 0 Å². The molecule has 30 heavy (non-hydrogen) atoms. The minimum Gasteiger partial charge on any atom is -0.361 e. The molecule has 0 aliphatic heterocycles. The molecule has 0 spiro atoms. The maximum atomic E-state index is 13.3. The van der Waals surface area contributed by atoms with E-state index in [4.69, 9.17) is 0 Å². The molecule has 2 aromatic carbocycles. The van der Waals surface area contributed by atoms with Crippen molar-refractivity contribution < 1.29 is 9.18 Å². The molecular weight excluding hydrogens is 496 g/mol. The van der Waals surface area contributed by atoms with E-state index in [1.54, 1.807) is 32.1 Å². The lowest BCUT2D eigenvalue weighted by atomic mass is 10.1. The second kappa shape index (κ2) is 11.0. The Morgan fingerprint density at radius 1 is 1.13 bits per heavy atom. The van der Waals surface area contributed by atoms with Crippen molar-refractivity contribution in [2.45, 2.75) is 13.0 Å². The van der Waals surface area contributed by atoms with Crippen LogP contribution >= 0.6 is 24.0 Å².